The van der Waals surface area contributed by atoms with Crippen molar-refractivity contribution < 1.29 is 13.9 Å². The zero-order chi connectivity index (χ0) is 20.2. The molecule has 29 heavy (non-hydrogen) atoms. The van der Waals surface area contributed by atoms with Crippen LogP contribution < -0.4 is 10.9 Å². The molecule has 152 valence electrons. The van der Waals surface area contributed by atoms with E-state index in [9.17, 15) is 14.0 Å². The van der Waals surface area contributed by atoms with E-state index in [1.165, 1.54) is 26.8 Å². The molecule has 3 aromatic rings. The van der Waals surface area contributed by atoms with E-state index in [4.69, 9.17) is 4.74 Å². The van der Waals surface area contributed by atoms with Crippen molar-refractivity contribution in [3.8, 4) is 0 Å². The Kier molecular flexibility index (Phi) is 5.91. The summed E-state index contributed by atoms with van der Waals surface area (Å²) in [5.74, 6) is -0.340. The lowest BCUT2D eigenvalue weighted by Crippen LogP contribution is -2.32. The van der Waals surface area contributed by atoms with Gasteiger partial charge in [-0.2, -0.15) is 0 Å². The Bertz CT molecular complexity index is 1080. The summed E-state index contributed by atoms with van der Waals surface area (Å²) in [6.07, 6.45) is 5.28. The molecule has 3 heterocycles. The van der Waals surface area contributed by atoms with E-state index in [1.807, 2.05) is 0 Å². The number of hydrogen-bond donors (Lipinski definition) is 1. The van der Waals surface area contributed by atoms with Gasteiger partial charge in [0.15, 0.2) is 5.16 Å². The molecule has 1 saturated heterocycles. The lowest BCUT2D eigenvalue weighted by atomic mass is 10.2. The molecule has 1 aliphatic heterocycles. The minimum absolute atomic E-state index is 0.0887. The van der Waals surface area contributed by atoms with Gasteiger partial charge in [-0.3, -0.25) is 14.0 Å². The second-order valence-corrected chi connectivity index (χ2v) is 7.67. The van der Waals surface area contributed by atoms with E-state index in [0.29, 0.717) is 17.3 Å². The van der Waals surface area contributed by atoms with Gasteiger partial charge in [-0.25, -0.2) is 4.39 Å². The second-order valence-electron chi connectivity index (χ2n) is 6.73. The van der Waals surface area contributed by atoms with Gasteiger partial charge in [-0.1, -0.05) is 30.0 Å². The van der Waals surface area contributed by atoms with Gasteiger partial charge in [0.2, 0.25) is 11.6 Å². The van der Waals surface area contributed by atoms with Crippen molar-refractivity contribution in [1.29, 1.82) is 0 Å². The number of fused-ring (bicyclic) bond motifs is 1. The van der Waals surface area contributed by atoms with E-state index in [-0.39, 0.29) is 41.3 Å². The van der Waals surface area contributed by atoms with E-state index < -0.39 is 0 Å². The SMILES string of the molecule is O=C(CSc1nnc2c(=O)n(Cc3ccccc3F)ccn12)NC[C@H]1CCCO1. The van der Waals surface area contributed by atoms with Crippen LogP contribution in [0.3, 0.4) is 0 Å². The fourth-order valence-corrected chi connectivity index (χ4v) is 3.89. The largest absolute Gasteiger partial charge is 0.376 e. The summed E-state index contributed by atoms with van der Waals surface area (Å²) >= 11 is 1.20. The first-order chi connectivity index (χ1) is 14.1. The second kappa shape index (κ2) is 8.75. The standard InChI is InChI=1S/C19H20FN5O3S/c20-15-6-2-1-4-13(15)11-24-7-8-25-17(18(24)27)22-23-19(25)29-12-16(26)21-10-14-5-3-9-28-14/h1-2,4,6-8,14H,3,5,9-12H2,(H,21,26)/t14-/m1/s1. The first-order valence-electron chi connectivity index (χ1n) is 9.30. The summed E-state index contributed by atoms with van der Waals surface area (Å²) in [4.78, 5) is 24.7. The molecular formula is C19H20FN5O3S. The lowest BCUT2D eigenvalue weighted by Gasteiger charge is -2.10. The summed E-state index contributed by atoms with van der Waals surface area (Å²) in [5, 5.41) is 11.2. The van der Waals surface area contributed by atoms with Crippen molar-refractivity contribution in [2.24, 2.45) is 0 Å². The van der Waals surface area contributed by atoms with E-state index in [2.05, 4.69) is 15.5 Å². The van der Waals surface area contributed by atoms with Crippen molar-refractivity contribution in [3.05, 3.63) is 58.4 Å². The number of ether oxygens (including phenoxy) is 1. The molecule has 1 aliphatic rings. The third-order valence-electron chi connectivity index (χ3n) is 4.69. The van der Waals surface area contributed by atoms with Crippen molar-refractivity contribution >= 4 is 23.3 Å². The molecule has 0 aliphatic carbocycles. The zero-order valence-electron chi connectivity index (χ0n) is 15.6. The molecule has 4 rings (SSSR count). The Morgan fingerprint density at radius 3 is 2.97 bits per heavy atom. The maximum absolute atomic E-state index is 13.9. The number of nitrogens with zero attached hydrogens (tertiary/aromatic N) is 4. The van der Waals surface area contributed by atoms with E-state index >= 15 is 0 Å². The molecule has 10 heteroatoms. The Balaban J connectivity index is 1.42. The van der Waals surface area contributed by atoms with Gasteiger partial charge in [0.25, 0.3) is 5.56 Å². The quantitative estimate of drug-likeness (QED) is 0.586. The van der Waals surface area contributed by atoms with Gasteiger partial charge in [-0.15, -0.1) is 10.2 Å². The summed E-state index contributed by atoms with van der Waals surface area (Å²) in [6, 6.07) is 6.31. The highest BCUT2D eigenvalue weighted by atomic mass is 32.2. The van der Waals surface area contributed by atoms with Gasteiger partial charge in [-0.05, 0) is 18.9 Å². The molecule has 1 amide bonds. The van der Waals surface area contributed by atoms with Crippen molar-refractivity contribution in [1.82, 2.24) is 24.5 Å². The number of rotatable bonds is 7. The highest BCUT2D eigenvalue weighted by molar-refractivity contribution is 7.99. The summed E-state index contributed by atoms with van der Waals surface area (Å²) in [7, 11) is 0. The van der Waals surface area contributed by atoms with Gasteiger partial charge >= 0.3 is 0 Å². The smallest absolute Gasteiger partial charge is 0.296 e. The molecule has 0 saturated carbocycles. The molecule has 1 N–H and O–H groups in total. The van der Waals surface area contributed by atoms with Crippen molar-refractivity contribution in [3.63, 3.8) is 0 Å². The number of thioether (sulfide) groups is 1. The molecule has 8 nitrogen and oxygen atoms in total. The molecule has 0 radical (unpaired) electrons. The Hall–Kier alpha value is -2.72. The molecule has 2 aromatic heterocycles. The number of carbonyl (C=O) groups is 1. The molecular weight excluding hydrogens is 397 g/mol. The molecule has 0 unspecified atom stereocenters. The number of carbonyl (C=O) groups excluding carboxylic acids is 1. The first-order valence-corrected chi connectivity index (χ1v) is 10.3. The van der Waals surface area contributed by atoms with Crippen LogP contribution in [0.1, 0.15) is 18.4 Å². The third-order valence-corrected chi connectivity index (χ3v) is 5.64. The van der Waals surface area contributed by atoms with Crippen LogP contribution in [0, 0.1) is 5.82 Å². The Morgan fingerprint density at radius 1 is 1.31 bits per heavy atom. The minimum Gasteiger partial charge on any atom is -0.376 e. The van der Waals surface area contributed by atoms with Crippen LogP contribution in [-0.2, 0) is 16.1 Å². The predicted molar refractivity (Wildman–Crippen MR) is 105 cm³/mol. The Morgan fingerprint density at radius 2 is 2.17 bits per heavy atom. The van der Waals surface area contributed by atoms with Gasteiger partial charge in [0.1, 0.15) is 5.82 Å². The summed E-state index contributed by atoms with van der Waals surface area (Å²) in [6.45, 7) is 1.35. The van der Waals surface area contributed by atoms with Crippen molar-refractivity contribution in [2.75, 3.05) is 18.9 Å². The van der Waals surface area contributed by atoms with Crippen LogP contribution in [0.2, 0.25) is 0 Å². The molecule has 0 spiro atoms. The number of halogens is 1. The van der Waals surface area contributed by atoms with Crippen LogP contribution in [0.25, 0.3) is 5.65 Å². The monoisotopic (exact) mass is 417 g/mol. The fraction of sp³-hybridized carbons (Fsp3) is 0.368. The number of benzene rings is 1. The Labute approximate surface area is 170 Å². The van der Waals surface area contributed by atoms with E-state index in [1.54, 1.807) is 30.6 Å². The van der Waals surface area contributed by atoms with Gasteiger partial charge in [0.05, 0.1) is 18.4 Å². The molecule has 1 atom stereocenters. The maximum atomic E-state index is 13.9. The lowest BCUT2D eigenvalue weighted by molar-refractivity contribution is -0.119. The van der Waals surface area contributed by atoms with E-state index in [0.717, 1.165) is 19.4 Å². The van der Waals surface area contributed by atoms with Crippen LogP contribution in [0.4, 0.5) is 4.39 Å². The van der Waals surface area contributed by atoms with Crippen LogP contribution in [0.15, 0.2) is 46.6 Å². The fourth-order valence-electron chi connectivity index (χ4n) is 3.15. The normalized spacial score (nSPS) is 16.4. The average molecular weight is 417 g/mol. The summed E-state index contributed by atoms with van der Waals surface area (Å²) in [5.41, 5.74) is 0.167. The van der Waals surface area contributed by atoms with Crippen molar-refractivity contribution in [2.45, 2.75) is 30.6 Å². The molecule has 1 fully saturated rings. The number of aromatic nitrogens is 4. The highest BCUT2D eigenvalue weighted by Gasteiger charge is 2.17. The first kappa shape index (κ1) is 19.6. The maximum Gasteiger partial charge on any atom is 0.296 e. The van der Waals surface area contributed by atoms with Crippen LogP contribution >= 0.6 is 11.8 Å². The number of amides is 1. The van der Waals surface area contributed by atoms with Gasteiger partial charge in [0, 0.05) is 31.1 Å². The third kappa shape index (κ3) is 4.48. The topological polar surface area (TPSA) is 90.5 Å². The molecule has 0 bridgehead atoms. The van der Waals surface area contributed by atoms with Crippen LogP contribution in [0.5, 0.6) is 0 Å². The van der Waals surface area contributed by atoms with Crippen LogP contribution in [-0.4, -0.2) is 50.1 Å². The predicted octanol–water partition coefficient (Wildman–Crippen LogP) is 1.47. The number of hydrogen-bond acceptors (Lipinski definition) is 6. The van der Waals surface area contributed by atoms with Gasteiger partial charge < -0.3 is 14.6 Å². The minimum atomic E-state index is -0.377. The zero-order valence-corrected chi connectivity index (χ0v) is 16.4. The highest BCUT2D eigenvalue weighted by Crippen LogP contribution is 2.16. The average Bonchev–Trinajstić information content (AvgIpc) is 3.38. The summed E-state index contributed by atoms with van der Waals surface area (Å²) < 4.78 is 22.3. The molecule has 1 aromatic carbocycles. The number of nitrogens with one attached hydrogen (secondary N) is 1.